The first-order valence-corrected chi connectivity index (χ1v) is 6.58. The van der Waals surface area contributed by atoms with E-state index in [1.807, 2.05) is 36.4 Å². The smallest absolute Gasteiger partial charge is 0.182 e. The minimum Gasteiger partial charge on any atom is -0.230 e. The molecule has 0 amide bonds. The van der Waals surface area contributed by atoms with Crippen LogP contribution in [-0.4, -0.2) is 9.78 Å². The molecule has 0 N–H and O–H groups in total. The van der Waals surface area contributed by atoms with Crippen LogP contribution in [0, 0.1) is 17.1 Å². The highest BCUT2D eigenvalue weighted by atomic mass is 35.5. The molecule has 0 aliphatic heterocycles. The summed E-state index contributed by atoms with van der Waals surface area (Å²) in [6, 6.07) is 17.2. The molecule has 0 aliphatic carbocycles. The van der Waals surface area contributed by atoms with Gasteiger partial charge in [-0.25, -0.2) is 9.07 Å². The summed E-state index contributed by atoms with van der Waals surface area (Å²) in [5.41, 5.74) is 2.18. The highest BCUT2D eigenvalue weighted by Gasteiger charge is 2.18. The molecule has 0 unspecified atom stereocenters. The number of benzene rings is 2. The van der Waals surface area contributed by atoms with Crippen molar-refractivity contribution >= 4 is 11.6 Å². The molecule has 0 radical (unpaired) electrons. The van der Waals surface area contributed by atoms with Crippen molar-refractivity contribution in [3.05, 3.63) is 71.1 Å². The van der Waals surface area contributed by atoms with Crippen LogP contribution in [0.15, 0.2) is 54.6 Å². The van der Waals surface area contributed by atoms with Crippen LogP contribution in [0.4, 0.5) is 4.39 Å². The Morgan fingerprint density at radius 2 is 1.71 bits per heavy atom. The van der Waals surface area contributed by atoms with Gasteiger partial charge in [-0.3, -0.25) is 0 Å². The molecule has 102 valence electrons. The van der Waals surface area contributed by atoms with Gasteiger partial charge in [0.15, 0.2) is 5.69 Å². The molecule has 1 aromatic heterocycles. The van der Waals surface area contributed by atoms with Gasteiger partial charge in [0.2, 0.25) is 0 Å². The van der Waals surface area contributed by atoms with Gasteiger partial charge in [-0.05, 0) is 36.4 Å². The van der Waals surface area contributed by atoms with Crippen molar-refractivity contribution in [1.82, 2.24) is 9.78 Å². The van der Waals surface area contributed by atoms with E-state index >= 15 is 0 Å². The molecule has 0 aliphatic rings. The average Bonchev–Trinajstić information content (AvgIpc) is 2.86. The van der Waals surface area contributed by atoms with Gasteiger partial charge >= 0.3 is 0 Å². The summed E-state index contributed by atoms with van der Waals surface area (Å²) < 4.78 is 14.7. The number of aromatic nitrogens is 2. The van der Waals surface area contributed by atoms with Crippen LogP contribution < -0.4 is 0 Å². The first-order chi connectivity index (χ1) is 10.2. The molecule has 2 aromatic carbocycles. The Labute approximate surface area is 125 Å². The fourth-order valence-electron chi connectivity index (χ4n) is 2.08. The van der Waals surface area contributed by atoms with Crippen molar-refractivity contribution in [3.63, 3.8) is 0 Å². The van der Waals surface area contributed by atoms with Gasteiger partial charge in [-0.1, -0.05) is 29.8 Å². The molecule has 0 saturated heterocycles. The summed E-state index contributed by atoms with van der Waals surface area (Å²) in [6.07, 6.45) is 0. The fourth-order valence-corrected chi connectivity index (χ4v) is 2.35. The summed E-state index contributed by atoms with van der Waals surface area (Å²) in [4.78, 5) is 0. The normalized spacial score (nSPS) is 10.3. The Kier molecular flexibility index (Phi) is 3.43. The van der Waals surface area contributed by atoms with Crippen molar-refractivity contribution in [3.8, 4) is 23.0 Å². The topological polar surface area (TPSA) is 41.6 Å². The Morgan fingerprint density at radius 3 is 2.33 bits per heavy atom. The highest BCUT2D eigenvalue weighted by molar-refractivity contribution is 6.34. The zero-order valence-corrected chi connectivity index (χ0v) is 11.5. The maximum atomic E-state index is 13.1. The van der Waals surface area contributed by atoms with Crippen LogP contribution >= 0.6 is 11.6 Å². The third-order valence-corrected chi connectivity index (χ3v) is 3.41. The second-order valence-electron chi connectivity index (χ2n) is 4.38. The summed E-state index contributed by atoms with van der Waals surface area (Å²) in [5.74, 6) is -0.332. The van der Waals surface area contributed by atoms with E-state index in [0.717, 1.165) is 5.69 Å². The predicted octanol–water partition coefficient (Wildman–Crippen LogP) is 4.20. The van der Waals surface area contributed by atoms with Crippen molar-refractivity contribution in [2.24, 2.45) is 0 Å². The molecule has 1 heterocycles. The van der Waals surface area contributed by atoms with Gasteiger partial charge in [0.1, 0.15) is 16.9 Å². The average molecular weight is 298 g/mol. The Bertz CT molecular complexity index is 817. The number of hydrogen-bond donors (Lipinski definition) is 0. The van der Waals surface area contributed by atoms with E-state index in [1.54, 1.807) is 16.8 Å². The van der Waals surface area contributed by atoms with Gasteiger partial charge in [0.25, 0.3) is 0 Å². The van der Waals surface area contributed by atoms with E-state index in [9.17, 15) is 4.39 Å². The van der Waals surface area contributed by atoms with Crippen molar-refractivity contribution in [1.29, 1.82) is 5.26 Å². The molecule has 0 spiro atoms. The number of hydrogen-bond acceptors (Lipinski definition) is 2. The second kappa shape index (κ2) is 5.39. The molecular weight excluding hydrogens is 289 g/mol. The standard InChI is InChI=1S/C16H9ClFN3/c17-15-14(10-19)20-21(13-4-2-1-3-5-13)16(15)11-6-8-12(18)9-7-11/h1-9H. The lowest BCUT2D eigenvalue weighted by Gasteiger charge is -2.07. The first kappa shape index (κ1) is 13.3. The zero-order chi connectivity index (χ0) is 14.8. The largest absolute Gasteiger partial charge is 0.230 e. The van der Waals surface area contributed by atoms with Crippen LogP contribution in [0.5, 0.6) is 0 Å². The van der Waals surface area contributed by atoms with E-state index in [0.29, 0.717) is 11.3 Å². The molecule has 3 rings (SSSR count). The lowest BCUT2D eigenvalue weighted by atomic mass is 10.1. The third kappa shape index (κ3) is 2.39. The Hall–Kier alpha value is -2.64. The SMILES string of the molecule is N#Cc1nn(-c2ccccc2)c(-c2ccc(F)cc2)c1Cl. The summed E-state index contributed by atoms with van der Waals surface area (Å²) in [6.45, 7) is 0. The van der Waals surface area contributed by atoms with E-state index < -0.39 is 0 Å². The van der Waals surface area contributed by atoms with Gasteiger partial charge < -0.3 is 0 Å². The van der Waals surface area contributed by atoms with Crippen molar-refractivity contribution in [2.75, 3.05) is 0 Å². The molecule has 0 bridgehead atoms. The molecule has 3 aromatic rings. The Balaban J connectivity index is 2.26. The van der Waals surface area contributed by atoms with Crippen LogP contribution in [0.25, 0.3) is 16.9 Å². The van der Waals surface area contributed by atoms with E-state index in [-0.39, 0.29) is 16.5 Å². The maximum Gasteiger partial charge on any atom is 0.182 e. The molecule has 3 nitrogen and oxygen atoms in total. The van der Waals surface area contributed by atoms with Crippen molar-refractivity contribution in [2.45, 2.75) is 0 Å². The first-order valence-electron chi connectivity index (χ1n) is 6.20. The lowest BCUT2D eigenvalue weighted by Crippen LogP contribution is -1.99. The number of rotatable bonds is 2. The molecule has 0 saturated carbocycles. The summed E-state index contributed by atoms with van der Waals surface area (Å²) >= 11 is 6.25. The van der Waals surface area contributed by atoms with Gasteiger partial charge in [-0.15, -0.1) is 0 Å². The van der Waals surface area contributed by atoms with Crippen LogP contribution in [0.1, 0.15) is 5.69 Å². The van der Waals surface area contributed by atoms with Crippen LogP contribution in [0.3, 0.4) is 0 Å². The van der Waals surface area contributed by atoms with E-state index in [2.05, 4.69) is 5.10 Å². The Morgan fingerprint density at radius 1 is 1.05 bits per heavy atom. The van der Waals surface area contributed by atoms with Crippen molar-refractivity contribution < 1.29 is 4.39 Å². The second-order valence-corrected chi connectivity index (χ2v) is 4.76. The number of nitriles is 1. The highest BCUT2D eigenvalue weighted by Crippen LogP contribution is 2.32. The third-order valence-electron chi connectivity index (χ3n) is 3.05. The van der Waals surface area contributed by atoms with Gasteiger partial charge in [-0.2, -0.15) is 10.4 Å². The summed E-state index contributed by atoms with van der Waals surface area (Å²) in [5, 5.41) is 13.6. The minimum atomic E-state index is -0.332. The number of nitrogens with zero attached hydrogens (tertiary/aromatic N) is 3. The number of halogens is 2. The minimum absolute atomic E-state index is 0.139. The molecule has 0 fully saturated rings. The van der Waals surface area contributed by atoms with Crippen LogP contribution in [0.2, 0.25) is 5.02 Å². The van der Waals surface area contributed by atoms with E-state index in [1.165, 1.54) is 12.1 Å². The molecule has 5 heteroatoms. The maximum absolute atomic E-state index is 13.1. The fraction of sp³-hybridized carbons (Fsp3) is 0. The quantitative estimate of drug-likeness (QED) is 0.711. The van der Waals surface area contributed by atoms with Crippen LogP contribution in [-0.2, 0) is 0 Å². The monoisotopic (exact) mass is 297 g/mol. The molecular formula is C16H9ClFN3. The number of para-hydroxylation sites is 1. The zero-order valence-electron chi connectivity index (χ0n) is 10.8. The van der Waals surface area contributed by atoms with E-state index in [4.69, 9.17) is 16.9 Å². The predicted molar refractivity (Wildman–Crippen MR) is 78.7 cm³/mol. The summed E-state index contributed by atoms with van der Waals surface area (Å²) in [7, 11) is 0. The van der Waals surface area contributed by atoms with Gasteiger partial charge in [0, 0.05) is 5.56 Å². The lowest BCUT2D eigenvalue weighted by molar-refractivity contribution is 0.628. The molecule has 21 heavy (non-hydrogen) atoms. The molecule has 0 atom stereocenters. The van der Waals surface area contributed by atoms with Gasteiger partial charge in [0.05, 0.1) is 11.4 Å².